The van der Waals surface area contributed by atoms with Crippen LogP contribution in [-0.4, -0.2) is 31.2 Å². The topological polar surface area (TPSA) is 79.8 Å². The average Bonchev–Trinajstić information content (AvgIpc) is 2.69. The van der Waals surface area contributed by atoms with Gasteiger partial charge in [0.2, 0.25) is 0 Å². The van der Waals surface area contributed by atoms with Crippen LogP contribution in [0.2, 0.25) is 10.0 Å². The highest BCUT2D eigenvalue weighted by Gasteiger charge is 2.08. The Kier molecular flexibility index (Phi) is 8.78. The number of amides is 2. The van der Waals surface area contributed by atoms with Crippen LogP contribution >= 0.6 is 23.2 Å². The Balaban J connectivity index is 1.79. The number of hydrazone groups is 1. The lowest BCUT2D eigenvalue weighted by molar-refractivity contribution is -0.120. The zero-order valence-corrected chi connectivity index (χ0v) is 16.9. The zero-order valence-electron chi connectivity index (χ0n) is 15.4. The molecule has 2 rings (SSSR count). The van der Waals surface area contributed by atoms with Gasteiger partial charge in [0.1, 0.15) is 5.75 Å². The van der Waals surface area contributed by atoms with Gasteiger partial charge < -0.3 is 10.1 Å². The summed E-state index contributed by atoms with van der Waals surface area (Å²) < 4.78 is 5.55. The molecule has 2 aromatic rings. The molecule has 0 heterocycles. The van der Waals surface area contributed by atoms with Crippen molar-refractivity contribution in [3.63, 3.8) is 0 Å². The van der Waals surface area contributed by atoms with E-state index in [1.54, 1.807) is 42.5 Å². The number of benzene rings is 2. The van der Waals surface area contributed by atoms with Crippen LogP contribution in [0.1, 0.15) is 35.7 Å². The van der Waals surface area contributed by atoms with Gasteiger partial charge in [0.05, 0.1) is 29.4 Å². The Morgan fingerprint density at radius 2 is 1.79 bits per heavy atom. The van der Waals surface area contributed by atoms with Crippen LogP contribution in [0.3, 0.4) is 0 Å². The summed E-state index contributed by atoms with van der Waals surface area (Å²) >= 11 is 12.0. The maximum absolute atomic E-state index is 12.1. The summed E-state index contributed by atoms with van der Waals surface area (Å²) in [6.07, 6.45) is 3.38. The van der Waals surface area contributed by atoms with Gasteiger partial charge in [0.15, 0.2) is 0 Å². The van der Waals surface area contributed by atoms with Gasteiger partial charge in [-0.1, -0.05) is 42.6 Å². The predicted octanol–water partition coefficient (Wildman–Crippen LogP) is 4.05. The molecule has 0 fully saturated rings. The lowest BCUT2D eigenvalue weighted by Gasteiger charge is -2.07. The molecular formula is C20H21Cl2N3O3. The maximum atomic E-state index is 12.1. The van der Waals surface area contributed by atoms with Crippen LogP contribution in [0.5, 0.6) is 5.75 Å². The average molecular weight is 422 g/mol. The molecule has 0 atom stereocenters. The first-order valence-electron chi connectivity index (χ1n) is 8.78. The largest absolute Gasteiger partial charge is 0.494 e. The number of nitrogens with one attached hydrogen (secondary N) is 2. The summed E-state index contributed by atoms with van der Waals surface area (Å²) in [4.78, 5) is 23.9. The monoisotopic (exact) mass is 421 g/mol. The molecule has 8 heteroatoms. The highest BCUT2D eigenvalue weighted by molar-refractivity contribution is 6.38. The molecule has 148 valence electrons. The van der Waals surface area contributed by atoms with Crippen LogP contribution in [0.15, 0.2) is 47.6 Å². The van der Waals surface area contributed by atoms with Crippen molar-refractivity contribution < 1.29 is 14.3 Å². The Labute approximate surface area is 173 Å². The number of hydrogen-bond acceptors (Lipinski definition) is 4. The van der Waals surface area contributed by atoms with Crippen molar-refractivity contribution in [2.45, 2.75) is 19.8 Å². The molecule has 6 nitrogen and oxygen atoms in total. The lowest BCUT2D eigenvalue weighted by atomic mass is 10.2. The van der Waals surface area contributed by atoms with E-state index in [-0.39, 0.29) is 12.5 Å². The Morgan fingerprint density at radius 1 is 1.11 bits per heavy atom. The van der Waals surface area contributed by atoms with E-state index in [2.05, 4.69) is 22.8 Å². The second-order valence-electron chi connectivity index (χ2n) is 5.84. The highest BCUT2D eigenvalue weighted by atomic mass is 35.5. The SMILES string of the molecule is CCCCOc1ccc(C(=O)NCC(=O)NN=Cc2c(Cl)cccc2Cl)cc1. The van der Waals surface area contributed by atoms with E-state index in [1.807, 2.05) is 0 Å². The standard InChI is InChI=1S/C20H21Cl2N3O3/c1-2-3-11-28-15-9-7-14(8-10-15)20(27)23-13-19(26)25-24-12-16-17(21)5-4-6-18(16)22/h4-10,12H,2-3,11,13H2,1H3,(H,23,27)(H,25,26). The second kappa shape index (κ2) is 11.3. The number of unbranched alkanes of at least 4 members (excludes halogenated alkanes) is 1. The molecule has 0 aliphatic heterocycles. The maximum Gasteiger partial charge on any atom is 0.259 e. The van der Waals surface area contributed by atoms with Gasteiger partial charge in [0, 0.05) is 11.1 Å². The van der Waals surface area contributed by atoms with Crippen LogP contribution in [0, 0.1) is 0 Å². The molecule has 0 saturated heterocycles. The number of nitrogens with zero attached hydrogens (tertiary/aromatic N) is 1. The first-order valence-corrected chi connectivity index (χ1v) is 9.54. The van der Waals surface area contributed by atoms with Crippen LogP contribution in [0.25, 0.3) is 0 Å². The van der Waals surface area contributed by atoms with Crippen molar-refractivity contribution >= 4 is 41.2 Å². The third kappa shape index (κ3) is 6.87. The van der Waals surface area contributed by atoms with Gasteiger partial charge in [-0.05, 0) is 42.8 Å². The van der Waals surface area contributed by atoms with Crippen molar-refractivity contribution in [2.24, 2.45) is 5.10 Å². The molecule has 0 aliphatic rings. The number of carbonyl (C=O) groups is 2. The van der Waals surface area contributed by atoms with Gasteiger partial charge in [-0.2, -0.15) is 5.10 Å². The zero-order chi connectivity index (χ0) is 20.4. The van der Waals surface area contributed by atoms with E-state index < -0.39 is 5.91 Å². The molecule has 0 radical (unpaired) electrons. The molecule has 2 N–H and O–H groups in total. The molecule has 0 bridgehead atoms. The van der Waals surface area contributed by atoms with E-state index in [4.69, 9.17) is 27.9 Å². The van der Waals surface area contributed by atoms with Crippen LogP contribution < -0.4 is 15.5 Å². The van der Waals surface area contributed by atoms with E-state index in [0.29, 0.717) is 33.5 Å². The molecule has 2 aromatic carbocycles. The summed E-state index contributed by atoms with van der Waals surface area (Å²) in [5.74, 6) is -0.143. The molecular weight excluding hydrogens is 401 g/mol. The molecule has 0 aromatic heterocycles. The minimum absolute atomic E-state index is 0.221. The number of carbonyl (C=O) groups excluding carboxylic acids is 2. The fourth-order valence-corrected chi connectivity index (χ4v) is 2.64. The molecule has 28 heavy (non-hydrogen) atoms. The van der Waals surface area contributed by atoms with Crippen molar-refractivity contribution in [3.8, 4) is 5.75 Å². The molecule has 0 saturated carbocycles. The van der Waals surface area contributed by atoms with E-state index in [9.17, 15) is 9.59 Å². The van der Waals surface area contributed by atoms with Crippen LogP contribution in [-0.2, 0) is 4.79 Å². The molecule has 2 amide bonds. The van der Waals surface area contributed by atoms with Crippen molar-refractivity contribution in [3.05, 3.63) is 63.6 Å². The highest BCUT2D eigenvalue weighted by Crippen LogP contribution is 2.21. The summed E-state index contributed by atoms with van der Waals surface area (Å²) in [5.41, 5.74) is 3.24. The fraction of sp³-hybridized carbons (Fsp3) is 0.250. The first kappa shape index (κ1) is 21.7. The third-order valence-electron chi connectivity index (χ3n) is 3.68. The first-order chi connectivity index (χ1) is 13.5. The fourth-order valence-electron chi connectivity index (χ4n) is 2.14. The summed E-state index contributed by atoms with van der Waals surface area (Å²) in [5, 5.41) is 7.16. The van der Waals surface area contributed by atoms with Crippen molar-refractivity contribution in [2.75, 3.05) is 13.2 Å². The normalized spacial score (nSPS) is 10.7. The number of halogens is 2. The number of hydrogen-bond donors (Lipinski definition) is 2. The van der Waals surface area contributed by atoms with Crippen LogP contribution in [0.4, 0.5) is 0 Å². The van der Waals surface area contributed by atoms with Crippen molar-refractivity contribution in [1.82, 2.24) is 10.7 Å². The minimum atomic E-state index is -0.479. The van der Waals surface area contributed by atoms with Crippen molar-refractivity contribution in [1.29, 1.82) is 0 Å². The van der Waals surface area contributed by atoms with Gasteiger partial charge in [-0.15, -0.1) is 0 Å². The predicted molar refractivity (Wildman–Crippen MR) is 111 cm³/mol. The third-order valence-corrected chi connectivity index (χ3v) is 4.33. The smallest absolute Gasteiger partial charge is 0.259 e. The minimum Gasteiger partial charge on any atom is -0.494 e. The van der Waals surface area contributed by atoms with Gasteiger partial charge in [-0.25, -0.2) is 5.43 Å². The van der Waals surface area contributed by atoms with E-state index in [0.717, 1.165) is 12.8 Å². The van der Waals surface area contributed by atoms with E-state index >= 15 is 0 Å². The Morgan fingerprint density at radius 3 is 2.43 bits per heavy atom. The van der Waals surface area contributed by atoms with Gasteiger partial charge in [0.25, 0.3) is 11.8 Å². The summed E-state index contributed by atoms with van der Waals surface area (Å²) in [7, 11) is 0. The quantitative estimate of drug-likeness (QED) is 0.364. The number of rotatable bonds is 9. The van der Waals surface area contributed by atoms with Gasteiger partial charge in [-0.3, -0.25) is 9.59 Å². The lowest BCUT2D eigenvalue weighted by Crippen LogP contribution is -2.34. The molecule has 0 spiro atoms. The van der Waals surface area contributed by atoms with Gasteiger partial charge >= 0.3 is 0 Å². The summed E-state index contributed by atoms with van der Waals surface area (Å²) in [6, 6.07) is 11.8. The Bertz CT molecular complexity index is 819. The van der Waals surface area contributed by atoms with E-state index in [1.165, 1.54) is 6.21 Å². The number of ether oxygens (including phenoxy) is 1. The summed E-state index contributed by atoms with van der Waals surface area (Å²) in [6.45, 7) is 2.51. The second-order valence-corrected chi connectivity index (χ2v) is 6.65. The Hall–Kier alpha value is -2.57. The molecule has 0 aliphatic carbocycles. The molecule has 0 unspecified atom stereocenters.